The second-order valence-corrected chi connectivity index (χ2v) is 4.03. The van der Waals surface area contributed by atoms with Crippen LogP contribution < -0.4 is 5.73 Å². The highest BCUT2D eigenvalue weighted by Gasteiger charge is 2.13. The van der Waals surface area contributed by atoms with Gasteiger partial charge in [-0.15, -0.1) is 10.2 Å². The molecule has 0 saturated heterocycles. The average molecular weight is 230 g/mol. The fourth-order valence-corrected chi connectivity index (χ4v) is 1.89. The van der Waals surface area contributed by atoms with Gasteiger partial charge >= 0.3 is 5.97 Å². The second-order valence-electron chi connectivity index (χ2n) is 3.00. The van der Waals surface area contributed by atoms with Crippen LogP contribution in [0, 0.1) is 0 Å². The molecule has 0 aliphatic rings. The Hall–Kier alpha value is -1.08. The minimum Gasteiger partial charge on any atom is -0.468 e. The number of esters is 1. The molecule has 0 aliphatic carbocycles. The van der Waals surface area contributed by atoms with Gasteiger partial charge in [0, 0.05) is 12.8 Å². The van der Waals surface area contributed by atoms with Gasteiger partial charge in [-0.25, -0.2) is 0 Å². The third-order valence-corrected chi connectivity index (χ3v) is 2.89. The van der Waals surface area contributed by atoms with E-state index in [1.165, 1.54) is 18.9 Å². The molecular formula is C8H14N4O2S. The van der Waals surface area contributed by atoms with Crippen molar-refractivity contribution in [3.05, 3.63) is 12.2 Å². The van der Waals surface area contributed by atoms with Gasteiger partial charge in [0.2, 0.25) is 0 Å². The SMILES string of the molecule is COC(=O)C(N)CSCc1nncn1C. The Balaban J connectivity index is 2.28. The maximum absolute atomic E-state index is 11.0. The summed E-state index contributed by atoms with van der Waals surface area (Å²) in [7, 11) is 3.20. The molecule has 1 heterocycles. The number of aryl methyl sites for hydroxylation is 1. The zero-order chi connectivity index (χ0) is 11.3. The van der Waals surface area contributed by atoms with E-state index in [4.69, 9.17) is 5.73 Å². The first-order chi connectivity index (χ1) is 7.15. The lowest BCUT2D eigenvalue weighted by atomic mass is 10.4. The number of ether oxygens (including phenoxy) is 1. The summed E-state index contributed by atoms with van der Waals surface area (Å²) in [6.45, 7) is 0. The zero-order valence-electron chi connectivity index (χ0n) is 8.71. The van der Waals surface area contributed by atoms with Crippen molar-refractivity contribution >= 4 is 17.7 Å². The summed E-state index contributed by atoms with van der Waals surface area (Å²) >= 11 is 1.53. The number of carbonyl (C=O) groups excluding carboxylic acids is 1. The normalized spacial score (nSPS) is 12.5. The topological polar surface area (TPSA) is 83.0 Å². The molecule has 0 aromatic carbocycles. The number of rotatable bonds is 5. The molecule has 7 heteroatoms. The number of thioether (sulfide) groups is 1. The van der Waals surface area contributed by atoms with E-state index in [-0.39, 0.29) is 5.97 Å². The molecule has 0 amide bonds. The monoisotopic (exact) mass is 230 g/mol. The van der Waals surface area contributed by atoms with Gasteiger partial charge < -0.3 is 15.0 Å². The quantitative estimate of drug-likeness (QED) is 0.690. The van der Waals surface area contributed by atoms with Gasteiger partial charge in [0.25, 0.3) is 0 Å². The lowest BCUT2D eigenvalue weighted by molar-refractivity contribution is -0.141. The van der Waals surface area contributed by atoms with Gasteiger partial charge in [-0.2, -0.15) is 11.8 Å². The van der Waals surface area contributed by atoms with Crippen LogP contribution in [0.2, 0.25) is 0 Å². The number of carbonyl (C=O) groups is 1. The number of methoxy groups -OCH3 is 1. The van der Waals surface area contributed by atoms with Gasteiger partial charge in [-0.3, -0.25) is 4.79 Å². The number of hydrogen-bond donors (Lipinski definition) is 1. The van der Waals surface area contributed by atoms with Crippen LogP contribution in [0.15, 0.2) is 6.33 Å². The Bertz CT molecular complexity index is 328. The van der Waals surface area contributed by atoms with Crippen molar-refractivity contribution in [3.63, 3.8) is 0 Å². The maximum atomic E-state index is 11.0. The predicted molar refractivity (Wildman–Crippen MR) is 57.2 cm³/mol. The molecule has 0 radical (unpaired) electrons. The van der Waals surface area contributed by atoms with Crippen LogP contribution in [0.4, 0.5) is 0 Å². The molecule has 0 aliphatic heterocycles. The third-order valence-electron chi connectivity index (χ3n) is 1.84. The smallest absolute Gasteiger partial charge is 0.323 e. The average Bonchev–Trinajstić information content (AvgIpc) is 2.63. The van der Waals surface area contributed by atoms with Crippen molar-refractivity contribution < 1.29 is 9.53 Å². The maximum Gasteiger partial charge on any atom is 0.323 e. The Kier molecular flexibility index (Phi) is 4.57. The van der Waals surface area contributed by atoms with E-state index in [1.807, 2.05) is 11.6 Å². The van der Waals surface area contributed by atoms with E-state index in [0.717, 1.165) is 5.82 Å². The molecule has 2 N–H and O–H groups in total. The van der Waals surface area contributed by atoms with Crippen LogP contribution >= 0.6 is 11.8 Å². The molecule has 15 heavy (non-hydrogen) atoms. The lowest BCUT2D eigenvalue weighted by Gasteiger charge is -2.07. The van der Waals surface area contributed by atoms with Crippen LogP contribution in [-0.2, 0) is 22.3 Å². The van der Waals surface area contributed by atoms with Crippen LogP contribution in [0.3, 0.4) is 0 Å². The van der Waals surface area contributed by atoms with Crippen LogP contribution in [0.1, 0.15) is 5.82 Å². The van der Waals surface area contributed by atoms with E-state index >= 15 is 0 Å². The summed E-state index contributed by atoms with van der Waals surface area (Å²) < 4.78 is 6.34. The van der Waals surface area contributed by atoms with E-state index in [2.05, 4.69) is 14.9 Å². The van der Waals surface area contributed by atoms with E-state index in [1.54, 1.807) is 6.33 Å². The molecular weight excluding hydrogens is 216 g/mol. The Morgan fingerprint density at radius 2 is 2.53 bits per heavy atom. The van der Waals surface area contributed by atoms with E-state index in [0.29, 0.717) is 11.5 Å². The van der Waals surface area contributed by atoms with Crippen LogP contribution in [0.5, 0.6) is 0 Å². The highest BCUT2D eigenvalue weighted by molar-refractivity contribution is 7.98. The summed E-state index contributed by atoms with van der Waals surface area (Å²) in [6, 6.07) is -0.576. The van der Waals surface area contributed by atoms with E-state index in [9.17, 15) is 4.79 Å². The molecule has 0 fully saturated rings. The van der Waals surface area contributed by atoms with Crippen molar-refractivity contribution in [2.24, 2.45) is 12.8 Å². The third kappa shape index (κ3) is 3.52. The number of nitrogens with two attached hydrogens (primary N) is 1. The standard InChI is InChI=1S/C8H14N4O2S/c1-12-5-10-11-7(12)4-15-3-6(9)8(13)14-2/h5-6H,3-4,9H2,1-2H3. The fourth-order valence-electron chi connectivity index (χ4n) is 0.934. The fraction of sp³-hybridized carbons (Fsp3) is 0.625. The van der Waals surface area contributed by atoms with Gasteiger partial charge in [-0.05, 0) is 0 Å². The van der Waals surface area contributed by atoms with E-state index < -0.39 is 6.04 Å². The predicted octanol–water partition coefficient (Wildman–Crippen LogP) is -0.451. The van der Waals surface area contributed by atoms with Crippen LogP contribution in [0.25, 0.3) is 0 Å². The summed E-state index contributed by atoms with van der Waals surface area (Å²) in [5, 5.41) is 7.66. The summed E-state index contributed by atoms with van der Waals surface area (Å²) in [5.41, 5.74) is 5.57. The van der Waals surface area contributed by atoms with Gasteiger partial charge in [0.15, 0.2) is 0 Å². The highest BCUT2D eigenvalue weighted by atomic mass is 32.2. The Morgan fingerprint density at radius 1 is 1.80 bits per heavy atom. The number of nitrogens with zero attached hydrogens (tertiary/aromatic N) is 3. The van der Waals surface area contributed by atoms with Gasteiger partial charge in [0.1, 0.15) is 18.2 Å². The summed E-state index contributed by atoms with van der Waals surface area (Å²) in [4.78, 5) is 11.0. The molecule has 1 aromatic heterocycles. The first kappa shape index (κ1) is 12.0. The molecule has 6 nitrogen and oxygen atoms in total. The summed E-state index contributed by atoms with van der Waals surface area (Å²) in [5.74, 6) is 1.67. The minimum atomic E-state index is -0.576. The molecule has 0 bridgehead atoms. The van der Waals surface area contributed by atoms with Crippen molar-refractivity contribution in [3.8, 4) is 0 Å². The first-order valence-electron chi connectivity index (χ1n) is 4.39. The molecule has 1 rings (SSSR count). The van der Waals surface area contributed by atoms with Crippen molar-refractivity contribution in [2.45, 2.75) is 11.8 Å². The molecule has 1 aromatic rings. The largest absolute Gasteiger partial charge is 0.468 e. The Morgan fingerprint density at radius 3 is 3.07 bits per heavy atom. The minimum absolute atomic E-state index is 0.388. The molecule has 1 unspecified atom stereocenters. The highest BCUT2D eigenvalue weighted by Crippen LogP contribution is 2.09. The molecule has 0 spiro atoms. The van der Waals surface area contributed by atoms with Crippen molar-refractivity contribution in [1.29, 1.82) is 0 Å². The first-order valence-corrected chi connectivity index (χ1v) is 5.54. The van der Waals surface area contributed by atoms with Gasteiger partial charge in [-0.1, -0.05) is 0 Å². The van der Waals surface area contributed by atoms with Gasteiger partial charge in [0.05, 0.1) is 12.9 Å². The lowest BCUT2D eigenvalue weighted by Crippen LogP contribution is -2.33. The molecule has 84 valence electrons. The van der Waals surface area contributed by atoms with Crippen molar-refractivity contribution in [2.75, 3.05) is 12.9 Å². The number of aromatic nitrogens is 3. The Labute approximate surface area is 92.2 Å². The van der Waals surface area contributed by atoms with Crippen LogP contribution in [-0.4, -0.2) is 39.6 Å². The van der Waals surface area contributed by atoms with Crippen molar-refractivity contribution in [1.82, 2.24) is 14.8 Å². The number of hydrogen-bond acceptors (Lipinski definition) is 6. The zero-order valence-corrected chi connectivity index (χ0v) is 9.53. The molecule has 0 saturated carbocycles. The molecule has 1 atom stereocenters. The summed E-state index contributed by atoms with van der Waals surface area (Å²) in [6.07, 6.45) is 1.64. The second kappa shape index (κ2) is 5.72.